The smallest absolute Gasteiger partial charge is 0.255 e. The Morgan fingerprint density at radius 3 is 2.11 bits per heavy atom. The maximum absolute atomic E-state index is 11.9. The molecular weight excluding hydrogens is 242 g/mol. The van der Waals surface area contributed by atoms with Crippen molar-refractivity contribution in [3.8, 4) is 0 Å². The predicted molar refractivity (Wildman–Crippen MR) is 78.3 cm³/mol. The van der Waals surface area contributed by atoms with Crippen LogP contribution in [0.2, 0.25) is 0 Å². The van der Waals surface area contributed by atoms with E-state index < -0.39 is 0 Å². The molecule has 0 aromatic heterocycles. The van der Waals surface area contributed by atoms with Crippen molar-refractivity contribution in [3.63, 3.8) is 0 Å². The molecule has 2 aromatic carbocycles. The van der Waals surface area contributed by atoms with Crippen LogP contribution >= 0.6 is 0 Å². The zero-order valence-corrected chi connectivity index (χ0v) is 11.3. The highest BCUT2D eigenvalue weighted by Gasteiger charge is 2.09. The molecule has 0 spiro atoms. The molecule has 1 amide bonds. The van der Waals surface area contributed by atoms with Crippen LogP contribution in [0.5, 0.6) is 0 Å². The summed E-state index contributed by atoms with van der Waals surface area (Å²) in [5.41, 5.74) is 1.50. The van der Waals surface area contributed by atoms with Crippen molar-refractivity contribution in [2.24, 2.45) is 0 Å². The first-order valence-electron chi connectivity index (χ1n) is 5.71. The number of hydrogen-bond acceptors (Lipinski definition) is 1. The molecule has 0 aliphatic heterocycles. The van der Waals surface area contributed by atoms with Crippen LogP contribution in [-0.4, -0.2) is 18.4 Å². The highest BCUT2D eigenvalue weighted by molar-refractivity contribution is 7.95. The average Bonchev–Trinajstić information content (AvgIpc) is 2.40. The van der Waals surface area contributed by atoms with E-state index in [1.807, 2.05) is 30.3 Å². The summed E-state index contributed by atoms with van der Waals surface area (Å²) in [6.07, 6.45) is 4.36. The van der Waals surface area contributed by atoms with Crippen molar-refractivity contribution in [2.75, 3.05) is 17.8 Å². The number of nitrogens with one attached hydrogen (secondary N) is 1. The average molecular weight is 258 g/mol. The lowest BCUT2D eigenvalue weighted by molar-refractivity contribution is 0.102. The lowest BCUT2D eigenvalue weighted by Gasteiger charge is -2.05. The van der Waals surface area contributed by atoms with Crippen LogP contribution in [0, 0.1) is 0 Å². The molecule has 1 N–H and O–H groups in total. The fourth-order valence-electron chi connectivity index (χ4n) is 1.60. The molecule has 0 atom stereocenters. The summed E-state index contributed by atoms with van der Waals surface area (Å²) >= 11 is 0. The van der Waals surface area contributed by atoms with Gasteiger partial charge in [0.05, 0.1) is 0 Å². The summed E-state index contributed by atoms with van der Waals surface area (Å²) < 4.78 is 0. The first kappa shape index (κ1) is 12.7. The molecule has 0 unspecified atom stereocenters. The second-order valence-electron chi connectivity index (χ2n) is 4.16. The van der Waals surface area contributed by atoms with Crippen molar-refractivity contribution in [1.29, 1.82) is 0 Å². The Labute approximate surface area is 110 Å². The Morgan fingerprint density at radius 2 is 1.56 bits per heavy atom. The summed E-state index contributed by atoms with van der Waals surface area (Å²) in [4.78, 5) is 13.2. The SMILES string of the molecule is C[S+](C)c1ccc(NC(=O)c2ccccc2)cc1. The van der Waals surface area contributed by atoms with E-state index >= 15 is 0 Å². The molecule has 0 heterocycles. The Morgan fingerprint density at radius 1 is 0.944 bits per heavy atom. The van der Waals surface area contributed by atoms with Crippen LogP contribution in [0.3, 0.4) is 0 Å². The van der Waals surface area contributed by atoms with Crippen molar-refractivity contribution in [3.05, 3.63) is 60.2 Å². The van der Waals surface area contributed by atoms with Gasteiger partial charge in [0.25, 0.3) is 5.91 Å². The van der Waals surface area contributed by atoms with Crippen molar-refractivity contribution in [1.82, 2.24) is 0 Å². The first-order valence-corrected chi connectivity index (χ1v) is 7.75. The molecule has 0 radical (unpaired) electrons. The van der Waals surface area contributed by atoms with Crippen LogP contribution in [0.25, 0.3) is 0 Å². The number of carbonyl (C=O) groups is 1. The van der Waals surface area contributed by atoms with Crippen LogP contribution in [0.1, 0.15) is 10.4 Å². The van der Waals surface area contributed by atoms with Gasteiger partial charge in [0.2, 0.25) is 0 Å². The lowest BCUT2D eigenvalue weighted by Crippen LogP contribution is -2.11. The maximum Gasteiger partial charge on any atom is 0.255 e. The fourth-order valence-corrected chi connectivity index (χ4v) is 2.28. The third-order valence-electron chi connectivity index (χ3n) is 2.62. The van der Waals surface area contributed by atoms with Gasteiger partial charge in [-0.25, -0.2) is 0 Å². The van der Waals surface area contributed by atoms with Crippen LogP contribution in [0.4, 0.5) is 5.69 Å². The first-order chi connectivity index (χ1) is 8.66. The number of rotatable bonds is 3. The van der Waals surface area contributed by atoms with Gasteiger partial charge >= 0.3 is 0 Å². The third kappa shape index (κ3) is 3.14. The van der Waals surface area contributed by atoms with E-state index in [1.165, 1.54) is 4.90 Å². The van der Waals surface area contributed by atoms with Gasteiger partial charge in [0.15, 0.2) is 4.90 Å². The second-order valence-corrected chi connectivity index (χ2v) is 6.27. The quantitative estimate of drug-likeness (QED) is 0.842. The number of hydrogen-bond donors (Lipinski definition) is 1. The molecule has 0 saturated carbocycles. The van der Waals surface area contributed by atoms with E-state index in [0.717, 1.165) is 5.69 Å². The summed E-state index contributed by atoms with van der Waals surface area (Å²) in [5.74, 6) is -0.0738. The molecule has 0 aliphatic rings. The van der Waals surface area contributed by atoms with Gasteiger partial charge < -0.3 is 5.32 Å². The van der Waals surface area contributed by atoms with E-state index in [-0.39, 0.29) is 16.8 Å². The minimum absolute atomic E-state index is 0.0738. The van der Waals surface area contributed by atoms with Crippen LogP contribution in [0.15, 0.2) is 59.5 Å². The molecule has 2 aromatic rings. The van der Waals surface area contributed by atoms with Crippen LogP contribution in [-0.2, 0) is 10.9 Å². The molecule has 0 bridgehead atoms. The van der Waals surface area contributed by atoms with Crippen molar-refractivity contribution < 1.29 is 4.79 Å². The number of amides is 1. The Hall–Kier alpha value is -1.74. The molecule has 0 aliphatic carbocycles. The Balaban J connectivity index is 2.08. The van der Waals surface area contributed by atoms with Gasteiger partial charge in [-0.05, 0) is 36.4 Å². The fraction of sp³-hybridized carbons (Fsp3) is 0.133. The molecule has 3 heteroatoms. The Bertz CT molecular complexity index is 520. The van der Waals surface area contributed by atoms with Gasteiger partial charge in [0.1, 0.15) is 12.5 Å². The van der Waals surface area contributed by atoms with Gasteiger partial charge in [-0.15, -0.1) is 0 Å². The third-order valence-corrected chi connectivity index (χ3v) is 3.83. The molecule has 0 saturated heterocycles. The molecule has 92 valence electrons. The zero-order chi connectivity index (χ0) is 13.0. The Kier molecular flexibility index (Phi) is 4.05. The van der Waals surface area contributed by atoms with Gasteiger partial charge in [-0.1, -0.05) is 18.2 Å². The van der Waals surface area contributed by atoms with Gasteiger partial charge in [0, 0.05) is 22.1 Å². The standard InChI is InChI=1S/C15H15NOS/c1-18(2)14-10-8-13(9-11-14)16-15(17)12-6-4-3-5-7-12/h3-11H,1-2H3/p+1. The monoisotopic (exact) mass is 258 g/mol. The highest BCUT2D eigenvalue weighted by atomic mass is 32.2. The number of anilines is 1. The maximum atomic E-state index is 11.9. The summed E-state index contributed by atoms with van der Waals surface area (Å²) in [7, 11) is 0.251. The summed E-state index contributed by atoms with van der Waals surface area (Å²) in [6.45, 7) is 0. The largest absolute Gasteiger partial charge is 0.322 e. The van der Waals surface area contributed by atoms with E-state index in [4.69, 9.17) is 0 Å². The highest BCUT2D eigenvalue weighted by Crippen LogP contribution is 2.15. The molecule has 2 nitrogen and oxygen atoms in total. The number of benzene rings is 2. The minimum atomic E-state index is -0.0738. The molecular formula is C15H16NOS+. The van der Waals surface area contributed by atoms with E-state index in [2.05, 4.69) is 30.0 Å². The van der Waals surface area contributed by atoms with Crippen molar-refractivity contribution in [2.45, 2.75) is 4.90 Å². The summed E-state index contributed by atoms with van der Waals surface area (Å²) in [6, 6.07) is 17.2. The van der Waals surface area contributed by atoms with Crippen LogP contribution < -0.4 is 5.32 Å². The van der Waals surface area contributed by atoms with Crippen molar-refractivity contribution >= 4 is 22.5 Å². The van der Waals surface area contributed by atoms with E-state index in [9.17, 15) is 4.79 Å². The minimum Gasteiger partial charge on any atom is -0.322 e. The topological polar surface area (TPSA) is 29.1 Å². The molecule has 0 fully saturated rings. The van der Waals surface area contributed by atoms with Gasteiger partial charge in [-0.2, -0.15) is 0 Å². The zero-order valence-electron chi connectivity index (χ0n) is 10.5. The second kappa shape index (κ2) is 5.74. The molecule has 2 rings (SSSR count). The predicted octanol–water partition coefficient (Wildman–Crippen LogP) is 3.18. The lowest BCUT2D eigenvalue weighted by atomic mass is 10.2. The normalized spacial score (nSPS) is 10.4. The van der Waals surface area contributed by atoms with Gasteiger partial charge in [-0.3, -0.25) is 4.79 Å². The number of carbonyl (C=O) groups excluding carboxylic acids is 1. The summed E-state index contributed by atoms with van der Waals surface area (Å²) in [5, 5.41) is 2.89. The van der Waals surface area contributed by atoms with E-state index in [0.29, 0.717) is 5.56 Å². The van der Waals surface area contributed by atoms with E-state index in [1.54, 1.807) is 12.1 Å². The molecule has 18 heavy (non-hydrogen) atoms.